The van der Waals surface area contributed by atoms with Gasteiger partial charge in [-0.1, -0.05) is 54.6 Å². The van der Waals surface area contributed by atoms with Gasteiger partial charge in [0.05, 0.1) is 24.2 Å². The third-order valence-electron chi connectivity index (χ3n) is 6.60. The molecule has 1 aromatic heterocycles. The minimum absolute atomic E-state index is 0.169. The van der Waals surface area contributed by atoms with Gasteiger partial charge in [-0.25, -0.2) is 4.98 Å². The summed E-state index contributed by atoms with van der Waals surface area (Å²) in [6.07, 6.45) is 1.31. The molecule has 0 fully saturated rings. The fourth-order valence-corrected chi connectivity index (χ4v) is 5.09. The minimum Gasteiger partial charge on any atom is -0.497 e. The number of carbonyl (C=O) groups is 1. The fourth-order valence-electron chi connectivity index (χ4n) is 5.09. The van der Waals surface area contributed by atoms with Crippen LogP contribution in [0, 0.1) is 0 Å². The Balaban J connectivity index is 1.52. The molecule has 1 N–H and O–H groups in total. The summed E-state index contributed by atoms with van der Waals surface area (Å²) in [5.41, 5.74) is 6.02. The molecule has 0 amide bonds. The number of ketones is 1. The monoisotopic (exact) mass is 421 g/mol. The van der Waals surface area contributed by atoms with E-state index < -0.39 is 0 Å². The van der Waals surface area contributed by atoms with Gasteiger partial charge in [0, 0.05) is 17.7 Å². The van der Waals surface area contributed by atoms with Gasteiger partial charge >= 0.3 is 0 Å². The number of allylic oxidation sites excluding steroid dienone is 2. The highest BCUT2D eigenvalue weighted by Gasteiger charge is 2.39. The summed E-state index contributed by atoms with van der Waals surface area (Å²) in [6.45, 7) is 0. The van der Waals surface area contributed by atoms with Crippen LogP contribution >= 0.6 is 0 Å². The third-order valence-corrected chi connectivity index (χ3v) is 6.60. The van der Waals surface area contributed by atoms with Crippen molar-refractivity contribution in [1.82, 2.24) is 9.55 Å². The molecule has 0 saturated heterocycles. The second kappa shape index (κ2) is 7.38. The van der Waals surface area contributed by atoms with Gasteiger partial charge in [-0.3, -0.25) is 9.36 Å². The maximum atomic E-state index is 13.6. The standard InChI is InChI=1S/C27H23N3O2/c1-32-20-13-11-18(12-14-20)26-25-22(15-19(16-24(25)31)17-7-3-2-4-8-17)29-27-28-21-9-5-6-10-23(21)30(26)27/h2-14,19,26H,15-16H2,1H3,(H,28,29). The number of hydrogen-bond acceptors (Lipinski definition) is 4. The number of carbonyl (C=O) groups excluding carboxylic acids is 1. The SMILES string of the molecule is COc1ccc(C2C3=C(CC(c4ccccc4)CC3=O)Nc3nc4ccccc4n32)cc1. The highest BCUT2D eigenvalue weighted by Crippen LogP contribution is 2.46. The van der Waals surface area contributed by atoms with E-state index >= 15 is 0 Å². The summed E-state index contributed by atoms with van der Waals surface area (Å²) in [5, 5.41) is 3.53. The molecule has 0 spiro atoms. The summed E-state index contributed by atoms with van der Waals surface area (Å²) in [5.74, 6) is 1.94. The van der Waals surface area contributed by atoms with E-state index in [-0.39, 0.29) is 17.7 Å². The predicted octanol–water partition coefficient (Wildman–Crippen LogP) is 5.46. The molecule has 2 aliphatic rings. The van der Waals surface area contributed by atoms with Gasteiger partial charge in [0.1, 0.15) is 5.75 Å². The summed E-state index contributed by atoms with van der Waals surface area (Å²) in [7, 11) is 1.66. The highest BCUT2D eigenvalue weighted by atomic mass is 16.5. The van der Waals surface area contributed by atoms with E-state index in [4.69, 9.17) is 9.72 Å². The number of rotatable bonds is 3. The van der Waals surface area contributed by atoms with Crippen LogP contribution in [0.1, 0.15) is 35.9 Å². The number of methoxy groups -OCH3 is 1. The maximum absolute atomic E-state index is 13.6. The Bertz CT molecular complexity index is 1350. The van der Waals surface area contributed by atoms with Crippen molar-refractivity contribution in [2.75, 3.05) is 12.4 Å². The van der Waals surface area contributed by atoms with E-state index in [1.54, 1.807) is 7.11 Å². The average molecular weight is 422 g/mol. The molecule has 32 heavy (non-hydrogen) atoms. The van der Waals surface area contributed by atoms with Crippen LogP contribution in [0.25, 0.3) is 11.0 Å². The van der Waals surface area contributed by atoms with Crippen LogP contribution in [0.5, 0.6) is 5.75 Å². The number of para-hydroxylation sites is 2. The third kappa shape index (κ3) is 2.93. The van der Waals surface area contributed by atoms with Gasteiger partial charge in [0.15, 0.2) is 5.78 Å². The summed E-state index contributed by atoms with van der Waals surface area (Å²) in [6, 6.07) is 26.2. The van der Waals surface area contributed by atoms with E-state index in [1.807, 2.05) is 48.5 Å². The van der Waals surface area contributed by atoms with E-state index in [1.165, 1.54) is 5.56 Å². The van der Waals surface area contributed by atoms with Crippen molar-refractivity contribution in [3.05, 3.63) is 101 Å². The number of anilines is 1. The van der Waals surface area contributed by atoms with Gasteiger partial charge < -0.3 is 10.1 Å². The Kier molecular flexibility index (Phi) is 4.35. The van der Waals surface area contributed by atoms with E-state index in [2.05, 4.69) is 40.2 Å². The van der Waals surface area contributed by atoms with Crippen molar-refractivity contribution in [1.29, 1.82) is 0 Å². The molecule has 6 rings (SSSR count). The van der Waals surface area contributed by atoms with Gasteiger partial charge in [0.25, 0.3) is 0 Å². The van der Waals surface area contributed by atoms with Crippen LogP contribution in [-0.4, -0.2) is 22.4 Å². The number of imidazole rings is 1. The van der Waals surface area contributed by atoms with E-state index in [0.717, 1.165) is 46.0 Å². The summed E-state index contributed by atoms with van der Waals surface area (Å²) in [4.78, 5) is 18.5. The lowest BCUT2D eigenvalue weighted by molar-refractivity contribution is -0.116. The molecule has 3 aromatic carbocycles. The van der Waals surface area contributed by atoms with Crippen LogP contribution < -0.4 is 10.1 Å². The predicted molar refractivity (Wildman–Crippen MR) is 125 cm³/mol. The van der Waals surface area contributed by atoms with Gasteiger partial charge in [-0.05, 0) is 47.7 Å². The lowest BCUT2D eigenvalue weighted by atomic mass is 9.77. The summed E-state index contributed by atoms with van der Waals surface area (Å²) >= 11 is 0. The molecule has 5 nitrogen and oxygen atoms in total. The lowest BCUT2D eigenvalue weighted by Crippen LogP contribution is -2.33. The zero-order valence-electron chi connectivity index (χ0n) is 17.8. The van der Waals surface area contributed by atoms with Crippen molar-refractivity contribution in [3.63, 3.8) is 0 Å². The van der Waals surface area contributed by atoms with Gasteiger partial charge in [0.2, 0.25) is 5.95 Å². The van der Waals surface area contributed by atoms with Crippen molar-refractivity contribution in [2.45, 2.75) is 24.8 Å². The molecule has 1 aliphatic heterocycles. The zero-order valence-corrected chi connectivity index (χ0v) is 17.8. The Morgan fingerprint density at radius 3 is 2.44 bits per heavy atom. The number of nitrogens with zero attached hydrogens (tertiary/aromatic N) is 2. The molecule has 158 valence electrons. The van der Waals surface area contributed by atoms with Crippen molar-refractivity contribution < 1.29 is 9.53 Å². The minimum atomic E-state index is -0.219. The molecule has 2 atom stereocenters. The van der Waals surface area contributed by atoms with Crippen molar-refractivity contribution in [2.24, 2.45) is 0 Å². The molecule has 2 unspecified atom stereocenters. The van der Waals surface area contributed by atoms with Crippen molar-refractivity contribution >= 4 is 22.8 Å². The van der Waals surface area contributed by atoms with Crippen LogP contribution in [0.4, 0.5) is 5.95 Å². The number of benzene rings is 3. The molecule has 0 radical (unpaired) electrons. The lowest BCUT2D eigenvalue weighted by Gasteiger charge is -2.36. The Morgan fingerprint density at radius 1 is 0.906 bits per heavy atom. The quantitative estimate of drug-likeness (QED) is 0.477. The van der Waals surface area contributed by atoms with Crippen LogP contribution in [0.15, 0.2) is 90.1 Å². The highest BCUT2D eigenvalue weighted by molar-refractivity contribution is 6.01. The molecule has 0 bridgehead atoms. The first-order chi connectivity index (χ1) is 15.7. The molecule has 0 saturated carbocycles. The first-order valence-corrected chi connectivity index (χ1v) is 10.9. The molecule has 4 aromatic rings. The Labute approximate surface area is 186 Å². The first kappa shape index (κ1) is 18.9. The smallest absolute Gasteiger partial charge is 0.209 e. The van der Waals surface area contributed by atoms with Crippen LogP contribution in [-0.2, 0) is 4.79 Å². The number of ether oxygens (including phenoxy) is 1. The molecule has 2 heterocycles. The largest absolute Gasteiger partial charge is 0.497 e. The number of nitrogens with one attached hydrogen (secondary N) is 1. The fraction of sp³-hybridized carbons (Fsp3) is 0.185. The normalized spacial score (nSPS) is 20.0. The van der Waals surface area contributed by atoms with Crippen LogP contribution in [0.3, 0.4) is 0 Å². The second-order valence-electron chi connectivity index (χ2n) is 8.43. The Morgan fingerprint density at radius 2 is 1.66 bits per heavy atom. The van der Waals surface area contributed by atoms with Gasteiger partial charge in [-0.15, -0.1) is 0 Å². The van der Waals surface area contributed by atoms with E-state index in [9.17, 15) is 4.79 Å². The van der Waals surface area contributed by atoms with Crippen molar-refractivity contribution in [3.8, 4) is 5.75 Å². The number of aromatic nitrogens is 2. The second-order valence-corrected chi connectivity index (χ2v) is 8.43. The number of fused-ring (bicyclic) bond motifs is 3. The molecule has 1 aliphatic carbocycles. The van der Waals surface area contributed by atoms with Crippen LogP contribution in [0.2, 0.25) is 0 Å². The Hall–Kier alpha value is -3.86. The average Bonchev–Trinajstić information content (AvgIpc) is 3.21. The first-order valence-electron chi connectivity index (χ1n) is 10.9. The molecule has 5 heteroatoms. The van der Waals surface area contributed by atoms with Gasteiger partial charge in [-0.2, -0.15) is 0 Å². The number of Topliss-reactive ketones (excluding diaryl/α,β-unsaturated/α-hetero) is 1. The number of hydrogen-bond donors (Lipinski definition) is 1. The zero-order chi connectivity index (χ0) is 21.7. The summed E-state index contributed by atoms with van der Waals surface area (Å²) < 4.78 is 7.53. The molecular formula is C27H23N3O2. The molecular weight excluding hydrogens is 398 g/mol. The van der Waals surface area contributed by atoms with E-state index in [0.29, 0.717) is 6.42 Å². The topological polar surface area (TPSA) is 56.1 Å². The maximum Gasteiger partial charge on any atom is 0.209 e.